The maximum absolute atomic E-state index is 11.9. The van der Waals surface area contributed by atoms with E-state index in [1.165, 1.54) is 10.9 Å². The maximum Gasteiger partial charge on any atom is 0.349 e. The van der Waals surface area contributed by atoms with Gasteiger partial charge in [0, 0.05) is 13.5 Å². The summed E-state index contributed by atoms with van der Waals surface area (Å²) in [5.74, 6) is 2.40. The summed E-state index contributed by atoms with van der Waals surface area (Å²) in [6, 6.07) is 5.40. The first kappa shape index (κ1) is 23.1. The number of aliphatic hydroxyl groups is 2. The Balaban J connectivity index is 1.12. The minimum atomic E-state index is -0.762. The topological polar surface area (TPSA) is 171 Å². The van der Waals surface area contributed by atoms with Gasteiger partial charge in [-0.3, -0.25) is 9.13 Å². The lowest BCUT2D eigenvalue weighted by atomic mass is 10.2. The van der Waals surface area contributed by atoms with E-state index in [1.54, 1.807) is 36.3 Å². The number of imidazole rings is 1. The van der Waals surface area contributed by atoms with Crippen LogP contribution in [0.1, 0.15) is 12.6 Å². The molecule has 2 aliphatic rings. The summed E-state index contributed by atoms with van der Waals surface area (Å²) in [6.07, 6.45) is 3.02. The van der Waals surface area contributed by atoms with Crippen LogP contribution >= 0.6 is 0 Å². The Labute approximate surface area is 209 Å². The predicted molar refractivity (Wildman–Crippen MR) is 130 cm³/mol. The van der Waals surface area contributed by atoms with Crippen molar-refractivity contribution in [1.82, 2.24) is 29.1 Å². The summed E-state index contributed by atoms with van der Waals surface area (Å²) in [4.78, 5) is 29.0. The van der Waals surface area contributed by atoms with Gasteiger partial charge in [-0.1, -0.05) is 6.07 Å². The van der Waals surface area contributed by atoms with Gasteiger partial charge in [0.2, 0.25) is 0 Å². The number of ether oxygens (including phenoxy) is 3. The van der Waals surface area contributed by atoms with Gasteiger partial charge in [-0.25, -0.2) is 19.7 Å². The number of hydrogen-bond acceptors (Lipinski definition) is 12. The largest absolute Gasteiger partial charge is 0.489 e. The minimum absolute atomic E-state index is 0.264. The fourth-order valence-electron chi connectivity index (χ4n) is 4.34. The van der Waals surface area contributed by atoms with Crippen LogP contribution in [0.4, 0.5) is 17.3 Å². The van der Waals surface area contributed by atoms with E-state index in [0.717, 1.165) is 0 Å². The highest BCUT2D eigenvalue weighted by molar-refractivity contribution is 5.82. The number of anilines is 3. The first-order valence-corrected chi connectivity index (χ1v) is 11.7. The predicted octanol–water partition coefficient (Wildman–Crippen LogP) is 0.901. The summed E-state index contributed by atoms with van der Waals surface area (Å²) in [5, 5.41) is 25.8. The Morgan fingerprint density at radius 1 is 1.27 bits per heavy atom. The average molecular weight is 508 g/mol. The van der Waals surface area contributed by atoms with Crippen LogP contribution in [0.5, 0.6) is 17.2 Å². The molecule has 0 spiro atoms. The molecule has 4 aromatic rings. The van der Waals surface area contributed by atoms with E-state index in [0.29, 0.717) is 58.7 Å². The second-order valence-electron chi connectivity index (χ2n) is 8.64. The van der Waals surface area contributed by atoms with Crippen molar-refractivity contribution in [3.8, 4) is 17.2 Å². The molecule has 14 heteroatoms. The van der Waals surface area contributed by atoms with E-state index in [4.69, 9.17) is 14.2 Å². The molecule has 14 nitrogen and oxygen atoms in total. The smallest absolute Gasteiger partial charge is 0.349 e. The molecule has 3 atom stereocenters. The van der Waals surface area contributed by atoms with Crippen LogP contribution in [0, 0.1) is 0 Å². The van der Waals surface area contributed by atoms with Crippen LogP contribution in [0.15, 0.2) is 41.8 Å². The fourth-order valence-corrected chi connectivity index (χ4v) is 4.34. The first-order chi connectivity index (χ1) is 18.0. The minimum Gasteiger partial charge on any atom is -0.489 e. The Kier molecular flexibility index (Phi) is 5.82. The lowest BCUT2D eigenvalue weighted by molar-refractivity contribution is -0.0432. The Morgan fingerprint density at radius 2 is 2.16 bits per heavy atom. The van der Waals surface area contributed by atoms with E-state index in [-0.39, 0.29) is 13.2 Å². The average Bonchev–Trinajstić information content (AvgIpc) is 3.49. The molecule has 1 aromatic carbocycles. The SMILES string of the molecule is Cn1cc2c(nc1=O)Nc1c(OCCNc3ncnc4c3ncn4[C@H]3C[C@@H](O)C(CO)O3)cccc1O2. The zero-order chi connectivity index (χ0) is 25.5. The molecule has 0 radical (unpaired) electrons. The molecular formula is C23H24N8O6. The summed E-state index contributed by atoms with van der Waals surface area (Å²) in [6.45, 7) is 0.432. The highest BCUT2D eigenvalue weighted by Crippen LogP contribution is 2.44. The number of aryl methyl sites for hydroxylation is 1. The molecule has 5 heterocycles. The third-order valence-corrected chi connectivity index (χ3v) is 6.21. The summed E-state index contributed by atoms with van der Waals surface area (Å²) in [5.41, 5.74) is 1.27. The van der Waals surface area contributed by atoms with E-state index < -0.39 is 24.1 Å². The number of aromatic nitrogens is 6. The monoisotopic (exact) mass is 508 g/mol. The third kappa shape index (κ3) is 4.20. The van der Waals surface area contributed by atoms with Crippen LogP contribution in [-0.4, -0.2) is 71.2 Å². The van der Waals surface area contributed by atoms with Gasteiger partial charge in [0.15, 0.2) is 34.3 Å². The Hall–Kier alpha value is -4.27. The molecule has 0 bridgehead atoms. The second kappa shape index (κ2) is 9.31. The van der Waals surface area contributed by atoms with E-state index in [1.807, 2.05) is 6.07 Å². The lowest BCUT2D eigenvalue weighted by Gasteiger charge is -2.23. The zero-order valence-corrected chi connectivity index (χ0v) is 19.7. The third-order valence-electron chi connectivity index (χ3n) is 6.21. The molecule has 1 unspecified atom stereocenters. The number of rotatable bonds is 7. The number of hydrogen-bond donors (Lipinski definition) is 4. The molecule has 3 aromatic heterocycles. The number of benzene rings is 1. The van der Waals surface area contributed by atoms with E-state index in [2.05, 4.69) is 30.6 Å². The second-order valence-corrected chi connectivity index (χ2v) is 8.64. The number of nitrogens with zero attached hydrogens (tertiary/aromatic N) is 6. The molecule has 0 saturated carbocycles. The van der Waals surface area contributed by atoms with Gasteiger partial charge in [-0.2, -0.15) is 4.98 Å². The molecule has 37 heavy (non-hydrogen) atoms. The lowest BCUT2D eigenvalue weighted by Crippen LogP contribution is -2.24. The highest BCUT2D eigenvalue weighted by atomic mass is 16.5. The van der Waals surface area contributed by atoms with Crippen molar-refractivity contribution in [1.29, 1.82) is 0 Å². The van der Waals surface area contributed by atoms with Crippen molar-refractivity contribution >= 4 is 28.5 Å². The van der Waals surface area contributed by atoms with Crippen molar-refractivity contribution < 1.29 is 24.4 Å². The van der Waals surface area contributed by atoms with E-state index in [9.17, 15) is 15.0 Å². The van der Waals surface area contributed by atoms with Gasteiger partial charge < -0.3 is 35.1 Å². The maximum atomic E-state index is 11.9. The molecule has 6 rings (SSSR count). The number of nitrogens with one attached hydrogen (secondary N) is 2. The summed E-state index contributed by atoms with van der Waals surface area (Å²) in [7, 11) is 1.61. The normalized spacial score (nSPS) is 20.1. The van der Waals surface area contributed by atoms with Crippen molar-refractivity contribution in [3.05, 3.63) is 47.5 Å². The molecule has 0 amide bonds. The molecule has 4 N–H and O–H groups in total. The fraction of sp³-hybridized carbons (Fsp3) is 0.348. The van der Waals surface area contributed by atoms with Crippen molar-refractivity contribution in [2.24, 2.45) is 7.05 Å². The zero-order valence-electron chi connectivity index (χ0n) is 19.7. The van der Waals surface area contributed by atoms with Crippen LogP contribution in [0.25, 0.3) is 11.2 Å². The van der Waals surface area contributed by atoms with Gasteiger partial charge in [-0.05, 0) is 12.1 Å². The van der Waals surface area contributed by atoms with Crippen LogP contribution < -0.4 is 25.8 Å². The quantitative estimate of drug-likeness (QED) is 0.229. The van der Waals surface area contributed by atoms with Gasteiger partial charge in [0.25, 0.3) is 0 Å². The summed E-state index contributed by atoms with van der Waals surface area (Å²) >= 11 is 0. The standard InChI is InChI=1S/C23H24N8O6/c1-30-8-15-20(29-23(30)34)28-18-13(3-2-4-14(18)36-15)35-6-5-24-21-19-22(26-10-25-21)31(11-27-19)17-7-12(33)16(9-32)37-17/h2-4,8,10-12,16-17,32-33H,5-7,9H2,1H3,(H,24,25,26)(H,28,29,34)/t12-,16?,17-/m1/s1. The molecule has 0 aliphatic carbocycles. The van der Waals surface area contributed by atoms with E-state index >= 15 is 0 Å². The molecular weight excluding hydrogens is 484 g/mol. The number of aliphatic hydroxyl groups excluding tert-OH is 2. The Bertz CT molecular complexity index is 1520. The molecule has 2 aliphatic heterocycles. The van der Waals surface area contributed by atoms with Gasteiger partial charge >= 0.3 is 5.69 Å². The molecule has 1 fully saturated rings. The molecule has 1 saturated heterocycles. The summed E-state index contributed by atoms with van der Waals surface area (Å²) < 4.78 is 20.7. The van der Waals surface area contributed by atoms with Crippen LogP contribution in [-0.2, 0) is 11.8 Å². The van der Waals surface area contributed by atoms with Crippen molar-refractivity contribution in [3.63, 3.8) is 0 Å². The van der Waals surface area contributed by atoms with Crippen molar-refractivity contribution in [2.75, 3.05) is 30.4 Å². The van der Waals surface area contributed by atoms with Crippen LogP contribution in [0.2, 0.25) is 0 Å². The number of para-hydroxylation sites is 1. The van der Waals surface area contributed by atoms with Gasteiger partial charge in [0.05, 0.1) is 31.8 Å². The first-order valence-electron chi connectivity index (χ1n) is 11.7. The van der Waals surface area contributed by atoms with Crippen molar-refractivity contribution in [2.45, 2.75) is 24.9 Å². The van der Waals surface area contributed by atoms with Crippen LogP contribution in [0.3, 0.4) is 0 Å². The van der Waals surface area contributed by atoms with Gasteiger partial charge in [0.1, 0.15) is 36.7 Å². The number of fused-ring (bicyclic) bond motifs is 3. The van der Waals surface area contributed by atoms with Gasteiger partial charge in [-0.15, -0.1) is 0 Å². The highest BCUT2D eigenvalue weighted by Gasteiger charge is 2.35. The Morgan fingerprint density at radius 3 is 3.00 bits per heavy atom. The molecule has 192 valence electrons.